The Bertz CT molecular complexity index is 694. The van der Waals surface area contributed by atoms with Crippen molar-refractivity contribution >= 4 is 17.3 Å². The average molecular weight is 322 g/mol. The normalized spacial score (nSPS) is 22.2. The number of carbonyl (C=O) groups excluding carboxylic acids is 1. The Kier molecular flexibility index (Phi) is 4.89. The molecular formula is C21H26N2O. The van der Waals surface area contributed by atoms with Crippen LogP contribution in [-0.4, -0.2) is 11.9 Å². The second-order valence-electron chi connectivity index (χ2n) is 6.94. The Morgan fingerprint density at radius 1 is 1.04 bits per heavy atom. The monoisotopic (exact) mass is 322 g/mol. The molecule has 2 N–H and O–H groups in total. The number of fused-ring (bicyclic) bond motifs is 1. The van der Waals surface area contributed by atoms with E-state index in [4.69, 9.17) is 5.73 Å². The van der Waals surface area contributed by atoms with Crippen molar-refractivity contribution in [3.8, 4) is 0 Å². The van der Waals surface area contributed by atoms with Gasteiger partial charge >= 0.3 is 0 Å². The van der Waals surface area contributed by atoms with Gasteiger partial charge in [0.1, 0.15) is 0 Å². The minimum absolute atomic E-state index is 0.195. The van der Waals surface area contributed by atoms with Gasteiger partial charge in [-0.05, 0) is 54.9 Å². The molecule has 1 saturated carbocycles. The Balaban J connectivity index is 0.000000203. The summed E-state index contributed by atoms with van der Waals surface area (Å²) in [5.74, 6) is 1.52. The van der Waals surface area contributed by atoms with Gasteiger partial charge in [0, 0.05) is 24.3 Å². The summed E-state index contributed by atoms with van der Waals surface area (Å²) in [6.45, 7) is 3.99. The van der Waals surface area contributed by atoms with Crippen LogP contribution < -0.4 is 10.6 Å². The van der Waals surface area contributed by atoms with E-state index in [-0.39, 0.29) is 5.91 Å². The first-order valence-electron chi connectivity index (χ1n) is 8.76. The fourth-order valence-corrected chi connectivity index (χ4v) is 3.75. The molecule has 3 nitrogen and oxygen atoms in total. The van der Waals surface area contributed by atoms with E-state index < -0.39 is 0 Å². The number of nitrogens with two attached hydrogens (primary N) is 1. The summed E-state index contributed by atoms with van der Waals surface area (Å²) in [7, 11) is 0. The van der Waals surface area contributed by atoms with E-state index in [1.807, 2.05) is 36.4 Å². The number of amides is 1. The maximum Gasteiger partial charge on any atom is 0.224 e. The second-order valence-corrected chi connectivity index (χ2v) is 6.94. The highest BCUT2D eigenvalue weighted by atomic mass is 16.2. The molecule has 1 fully saturated rings. The molecule has 1 heterocycles. The molecule has 0 saturated heterocycles. The van der Waals surface area contributed by atoms with Gasteiger partial charge in [0.05, 0.1) is 0 Å². The third kappa shape index (κ3) is 3.61. The quantitative estimate of drug-likeness (QED) is 0.797. The molecule has 2 atom stereocenters. The van der Waals surface area contributed by atoms with Gasteiger partial charge in [-0.3, -0.25) is 4.79 Å². The largest absolute Gasteiger partial charge is 0.399 e. The molecule has 0 bridgehead atoms. The Labute approximate surface area is 144 Å². The summed E-state index contributed by atoms with van der Waals surface area (Å²) in [6.07, 6.45) is 3.70. The maximum atomic E-state index is 12.0. The lowest BCUT2D eigenvalue weighted by molar-refractivity contribution is -0.117. The van der Waals surface area contributed by atoms with Gasteiger partial charge in [-0.2, -0.15) is 0 Å². The van der Waals surface area contributed by atoms with E-state index in [0.29, 0.717) is 12.0 Å². The van der Waals surface area contributed by atoms with Crippen LogP contribution in [0.25, 0.3) is 0 Å². The number of nitrogen functional groups attached to an aromatic ring is 1. The fraction of sp³-hybridized carbons (Fsp3) is 0.381. The van der Waals surface area contributed by atoms with Crippen LogP contribution in [0.4, 0.5) is 11.4 Å². The molecule has 24 heavy (non-hydrogen) atoms. The fourth-order valence-electron chi connectivity index (χ4n) is 3.75. The second kappa shape index (κ2) is 7.08. The zero-order chi connectivity index (χ0) is 17.1. The number of para-hydroxylation sites is 2. The Morgan fingerprint density at radius 3 is 2.21 bits per heavy atom. The number of nitrogens with zero attached hydrogens (tertiary/aromatic N) is 1. The van der Waals surface area contributed by atoms with Gasteiger partial charge in [0.25, 0.3) is 0 Å². The Hall–Kier alpha value is -2.29. The first kappa shape index (κ1) is 16.6. The highest BCUT2D eigenvalue weighted by molar-refractivity contribution is 5.93. The minimum atomic E-state index is 0.195. The predicted octanol–water partition coefficient (Wildman–Crippen LogP) is 4.28. The lowest BCUT2D eigenvalue weighted by Gasteiger charge is -2.41. The van der Waals surface area contributed by atoms with Crippen molar-refractivity contribution in [2.24, 2.45) is 11.8 Å². The molecule has 2 aromatic carbocycles. The first-order chi connectivity index (χ1) is 11.6. The summed E-state index contributed by atoms with van der Waals surface area (Å²) in [4.78, 5) is 14.0. The third-order valence-corrected chi connectivity index (χ3v) is 4.92. The Morgan fingerprint density at radius 2 is 1.67 bits per heavy atom. The SMILES string of the molecule is CC(=O)N1c2ccccc2C[C@H](C)[C@@H]1C1CC1.Nc1ccccc1. The van der Waals surface area contributed by atoms with Crippen LogP contribution in [0.2, 0.25) is 0 Å². The molecule has 4 rings (SSSR count). The van der Waals surface area contributed by atoms with Crippen molar-refractivity contribution in [2.75, 3.05) is 10.6 Å². The molecule has 0 radical (unpaired) electrons. The molecule has 0 unspecified atom stereocenters. The zero-order valence-electron chi connectivity index (χ0n) is 14.5. The molecule has 1 aliphatic carbocycles. The third-order valence-electron chi connectivity index (χ3n) is 4.92. The number of hydrogen-bond acceptors (Lipinski definition) is 2. The van der Waals surface area contributed by atoms with Crippen molar-refractivity contribution in [3.63, 3.8) is 0 Å². The first-order valence-corrected chi connectivity index (χ1v) is 8.76. The van der Waals surface area contributed by atoms with Crippen LogP contribution in [0.3, 0.4) is 0 Å². The summed E-state index contributed by atoms with van der Waals surface area (Å²) in [5.41, 5.74) is 8.65. The highest BCUT2D eigenvalue weighted by Crippen LogP contribution is 2.45. The number of carbonyl (C=O) groups is 1. The van der Waals surface area contributed by atoms with E-state index >= 15 is 0 Å². The van der Waals surface area contributed by atoms with Crippen molar-refractivity contribution < 1.29 is 4.79 Å². The summed E-state index contributed by atoms with van der Waals surface area (Å²) in [5, 5.41) is 0. The summed E-state index contributed by atoms with van der Waals surface area (Å²) in [6, 6.07) is 18.3. The van der Waals surface area contributed by atoms with Crippen LogP contribution in [0.1, 0.15) is 32.3 Å². The highest BCUT2D eigenvalue weighted by Gasteiger charge is 2.43. The number of hydrogen-bond donors (Lipinski definition) is 1. The van der Waals surface area contributed by atoms with Crippen molar-refractivity contribution in [1.29, 1.82) is 0 Å². The van der Waals surface area contributed by atoms with Crippen LogP contribution in [0, 0.1) is 11.8 Å². The summed E-state index contributed by atoms with van der Waals surface area (Å²) >= 11 is 0. The smallest absolute Gasteiger partial charge is 0.224 e. The van der Waals surface area contributed by atoms with Crippen LogP contribution >= 0.6 is 0 Å². The number of anilines is 2. The molecule has 1 aliphatic heterocycles. The van der Waals surface area contributed by atoms with Gasteiger partial charge < -0.3 is 10.6 Å². The maximum absolute atomic E-state index is 12.0. The van der Waals surface area contributed by atoms with Crippen molar-refractivity contribution in [3.05, 3.63) is 60.2 Å². The molecule has 3 heteroatoms. The van der Waals surface area contributed by atoms with Crippen LogP contribution in [-0.2, 0) is 11.2 Å². The predicted molar refractivity (Wildman–Crippen MR) is 99.8 cm³/mol. The van der Waals surface area contributed by atoms with Gasteiger partial charge in [0.2, 0.25) is 5.91 Å². The lowest BCUT2D eigenvalue weighted by Crippen LogP contribution is -2.48. The van der Waals surface area contributed by atoms with Gasteiger partial charge in [0.15, 0.2) is 0 Å². The van der Waals surface area contributed by atoms with E-state index in [1.165, 1.54) is 18.4 Å². The number of rotatable bonds is 1. The van der Waals surface area contributed by atoms with Gasteiger partial charge in [-0.1, -0.05) is 43.3 Å². The van der Waals surface area contributed by atoms with Gasteiger partial charge in [-0.25, -0.2) is 0 Å². The molecule has 0 aromatic heterocycles. The van der Waals surface area contributed by atoms with Crippen molar-refractivity contribution in [1.82, 2.24) is 0 Å². The number of benzene rings is 2. The molecule has 2 aliphatic rings. The van der Waals surface area contributed by atoms with E-state index in [9.17, 15) is 4.79 Å². The van der Waals surface area contributed by atoms with E-state index in [0.717, 1.165) is 23.7 Å². The minimum Gasteiger partial charge on any atom is -0.399 e. The van der Waals surface area contributed by atoms with Crippen molar-refractivity contribution in [2.45, 2.75) is 39.2 Å². The van der Waals surface area contributed by atoms with E-state index in [1.54, 1.807) is 6.92 Å². The lowest BCUT2D eigenvalue weighted by atomic mass is 9.84. The molecule has 2 aromatic rings. The summed E-state index contributed by atoms with van der Waals surface area (Å²) < 4.78 is 0. The molecule has 1 amide bonds. The average Bonchev–Trinajstić information content (AvgIpc) is 3.39. The zero-order valence-corrected chi connectivity index (χ0v) is 14.5. The van der Waals surface area contributed by atoms with Crippen LogP contribution in [0.15, 0.2) is 54.6 Å². The topological polar surface area (TPSA) is 46.3 Å². The molecular weight excluding hydrogens is 296 g/mol. The van der Waals surface area contributed by atoms with Crippen LogP contribution in [0.5, 0.6) is 0 Å². The molecule has 126 valence electrons. The standard InChI is InChI=1S/C15H19NO.C6H7N/c1-10-9-13-5-3-4-6-14(13)16(11(2)17)15(10)12-7-8-12;7-6-4-2-1-3-5-6/h3-6,10,12,15H,7-9H2,1-2H3;1-5H,7H2/t10-,15+;/m0./s1. The molecule has 0 spiro atoms. The van der Waals surface area contributed by atoms with Gasteiger partial charge in [-0.15, -0.1) is 0 Å². The van der Waals surface area contributed by atoms with E-state index in [2.05, 4.69) is 30.0 Å².